The topological polar surface area (TPSA) is 355 Å². The van der Waals surface area contributed by atoms with Gasteiger partial charge < -0.3 is 61.6 Å². The van der Waals surface area contributed by atoms with Gasteiger partial charge in [-0.25, -0.2) is 9.11 Å². The first-order valence-corrected chi connectivity index (χ1v) is 12.7. The van der Waals surface area contributed by atoms with E-state index in [1.165, 1.54) is 6.92 Å². The molecule has 2 fully saturated rings. The molecule has 1 aromatic rings. The summed E-state index contributed by atoms with van der Waals surface area (Å²) in [7, 11) is -11.6. The zero-order valence-corrected chi connectivity index (χ0v) is 21.4. The maximum absolute atomic E-state index is 12.0. The Morgan fingerprint density at radius 2 is 1.59 bits per heavy atom. The predicted molar refractivity (Wildman–Crippen MR) is 115 cm³/mol. The highest BCUT2D eigenvalue weighted by Crippen LogP contribution is 2.57. The summed E-state index contributed by atoms with van der Waals surface area (Å²) in [5.41, 5.74) is -1.75. The molecule has 2 saturated heterocycles. The van der Waals surface area contributed by atoms with Crippen molar-refractivity contribution in [2.24, 2.45) is 0 Å². The third-order valence-electron chi connectivity index (χ3n) is 5.10. The third-order valence-corrected chi connectivity index (χ3v) is 7.63. The Morgan fingerprint density at radius 3 is 2.19 bits per heavy atom. The van der Waals surface area contributed by atoms with E-state index in [9.17, 15) is 54.0 Å². The van der Waals surface area contributed by atoms with Crippen LogP contribution in [0.3, 0.4) is 0 Å². The zero-order chi connectivity index (χ0) is 26.3. The molecule has 3 heterocycles. The van der Waals surface area contributed by atoms with Crippen molar-refractivity contribution in [3.8, 4) is 0 Å². The fourth-order valence-electron chi connectivity index (χ4n) is 3.28. The van der Waals surface area contributed by atoms with Crippen LogP contribution in [0.2, 0.25) is 0 Å². The minimum atomic E-state index is -5.81. The minimum absolute atomic E-state index is 0. The lowest BCUT2D eigenvalue weighted by Gasteiger charge is -2.41. The molecule has 0 bridgehead atoms. The van der Waals surface area contributed by atoms with Gasteiger partial charge in [0.1, 0.15) is 36.6 Å². The minimum Gasteiger partial charge on any atom is -0.756 e. The van der Waals surface area contributed by atoms with Crippen LogP contribution in [-0.4, -0.2) is 90.7 Å². The molecule has 0 aromatic carbocycles. The van der Waals surface area contributed by atoms with Gasteiger partial charge in [-0.1, -0.05) is 0 Å². The number of nitrogens with one attached hydrogen (secondary N) is 1. The largest absolute Gasteiger partial charge is 0.756 e. The highest BCUT2D eigenvalue weighted by Gasteiger charge is 2.46. The number of phosphoric acid groups is 2. The van der Waals surface area contributed by atoms with E-state index in [4.69, 9.17) is 9.47 Å². The summed E-state index contributed by atoms with van der Waals surface area (Å²) in [5, 5.41) is 49.2. The van der Waals surface area contributed by atoms with E-state index in [0.29, 0.717) is 4.57 Å². The van der Waals surface area contributed by atoms with Crippen LogP contribution in [0.4, 0.5) is 0 Å². The Hall–Kier alpha value is -1.42. The van der Waals surface area contributed by atoms with Crippen molar-refractivity contribution < 1.29 is 67.3 Å². The number of aliphatic hydroxyl groups is 5. The molecule has 2 aliphatic heterocycles. The normalized spacial score (nSPS) is 37.0. The van der Waals surface area contributed by atoms with Gasteiger partial charge in [-0.15, -0.1) is 0 Å². The van der Waals surface area contributed by atoms with Gasteiger partial charge in [-0.2, -0.15) is 0 Å². The van der Waals surface area contributed by atoms with Crippen molar-refractivity contribution in [1.82, 2.24) is 21.9 Å². The number of hydrogen-bond donors (Lipinski definition) is 8. The Kier molecular flexibility index (Phi) is 11.5. The van der Waals surface area contributed by atoms with Gasteiger partial charge in [-0.05, 0) is 6.92 Å². The standard InChI is InChI=1S/C15H24N2O16P2.2H3N/c1-5-8(19)10(21)12(23)14(30-5)32-35(27,28)33-34(25,26)29-4-6-9(20)11(22)13(31-6)17-3-2-7(18)16-15(17)24;;/h2-3,5-6,8-14,19-23H,4H2,1H3,(H,25,26)(H,27,28)(H,16,18,24);2*1H3/t5?,6-,8-,9+,10+,11?,12?,13-,14-;;/m1../s1. The summed E-state index contributed by atoms with van der Waals surface area (Å²) in [4.78, 5) is 48.9. The lowest BCUT2D eigenvalue weighted by atomic mass is 10.0. The lowest BCUT2D eigenvalue weighted by molar-refractivity contribution is -0.299. The van der Waals surface area contributed by atoms with Gasteiger partial charge >= 0.3 is 5.69 Å². The molecule has 0 saturated carbocycles. The lowest BCUT2D eigenvalue weighted by Crippen LogP contribution is -2.57. The first-order valence-electron chi connectivity index (χ1n) is 9.81. The van der Waals surface area contributed by atoms with E-state index in [1.54, 1.807) is 0 Å². The summed E-state index contributed by atoms with van der Waals surface area (Å²) >= 11 is 0. The van der Waals surface area contributed by atoms with Crippen LogP contribution in [0.1, 0.15) is 13.2 Å². The SMILES string of the molecule is CC1O[C@H](OP(=O)([O-])OP(=O)([O-])OC[C@H]2O[C@@H](n3ccc(=O)[nH]c3=O)C(O)[C@H]2O)C(O)[C@@H](O)[C@@H]1O.[NH4+].[NH4+]. The number of quaternary nitrogens is 2. The first kappa shape index (κ1) is 33.6. The number of nitrogens with zero attached hydrogens (tertiary/aromatic N) is 1. The molecule has 11 atom stereocenters. The number of aromatic nitrogens is 2. The molecule has 2 aliphatic rings. The molecule has 0 aliphatic carbocycles. The molecule has 0 spiro atoms. The summed E-state index contributed by atoms with van der Waals surface area (Å²) < 4.78 is 47.3. The highest BCUT2D eigenvalue weighted by molar-refractivity contribution is 7.59. The molecule has 5 unspecified atom stereocenters. The maximum atomic E-state index is 12.0. The van der Waals surface area contributed by atoms with Crippen molar-refractivity contribution in [3.05, 3.63) is 33.1 Å². The van der Waals surface area contributed by atoms with Crippen molar-refractivity contribution in [3.63, 3.8) is 0 Å². The molecule has 14 N–H and O–H groups in total. The van der Waals surface area contributed by atoms with Gasteiger partial charge in [0.05, 0.1) is 12.7 Å². The van der Waals surface area contributed by atoms with Gasteiger partial charge in [-0.3, -0.25) is 28.0 Å². The van der Waals surface area contributed by atoms with Crippen LogP contribution in [0.25, 0.3) is 0 Å². The Bertz CT molecular complexity index is 1120. The molecule has 37 heavy (non-hydrogen) atoms. The van der Waals surface area contributed by atoms with E-state index in [-0.39, 0.29) is 12.3 Å². The molecule has 0 radical (unpaired) electrons. The number of phosphoric ester groups is 2. The number of aromatic amines is 1. The van der Waals surface area contributed by atoms with E-state index >= 15 is 0 Å². The molecule has 20 nitrogen and oxygen atoms in total. The smallest absolute Gasteiger partial charge is 0.330 e. The average Bonchev–Trinajstić information content (AvgIpc) is 3.02. The average molecular weight is 584 g/mol. The van der Waals surface area contributed by atoms with Gasteiger partial charge in [0, 0.05) is 12.3 Å². The number of rotatable bonds is 8. The summed E-state index contributed by atoms with van der Waals surface area (Å²) in [6.07, 6.45) is -14.7. The predicted octanol–water partition coefficient (Wildman–Crippen LogP) is -4.28. The third kappa shape index (κ3) is 7.80. The molecule has 1 aromatic heterocycles. The van der Waals surface area contributed by atoms with E-state index in [2.05, 4.69) is 13.4 Å². The summed E-state index contributed by atoms with van der Waals surface area (Å²) in [6, 6.07) is 0.923. The number of ether oxygens (including phenoxy) is 2. The molecular weight excluding hydrogens is 554 g/mol. The summed E-state index contributed by atoms with van der Waals surface area (Å²) in [6.45, 7) is 0.127. The monoisotopic (exact) mass is 584 g/mol. The number of aliphatic hydroxyl groups excluding tert-OH is 5. The van der Waals surface area contributed by atoms with Crippen LogP contribution >= 0.6 is 15.6 Å². The quantitative estimate of drug-likeness (QED) is 0.134. The molecule has 22 heteroatoms. The Morgan fingerprint density at radius 1 is 0.973 bits per heavy atom. The maximum Gasteiger partial charge on any atom is 0.330 e. The molecular formula is C15H30N4O16P2. The fourth-order valence-corrected chi connectivity index (χ4v) is 5.36. The number of H-pyrrole nitrogens is 1. The van der Waals surface area contributed by atoms with Crippen molar-refractivity contribution in [1.29, 1.82) is 0 Å². The molecule has 0 amide bonds. The van der Waals surface area contributed by atoms with Crippen LogP contribution in [0.5, 0.6) is 0 Å². The van der Waals surface area contributed by atoms with Crippen LogP contribution in [-0.2, 0) is 32.0 Å². The van der Waals surface area contributed by atoms with Crippen LogP contribution in [0, 0.1) is 0 Å². The van der Waals surface area contributed by atoms with E-state index in [1.807, 2.05) is 4.98 Å². The van der Waals surface area contributed by atoms with E-state index < -0.39 is 88.7 Å². The second-order valence-corrected chi connectivity index (χ2v) is 10.5. The Balaban J connectivity index is 0.00000342. The van der Waals surface area contributed by atoms with Gasteiger partial charge in [0.15, 0.2) is 12.5 Å². The first-order chi connectivity index (χ1) is 16.1. The van der Waals surface area contributed by atoms with Gasteiger partial charge in [0.2, 0.25) is 0 Å². The Labute approximate surface area is 207 Å². The number of hydrogen-bond acceptors (Lipinski definition) is 16. The van der Waals surface area contributed by atoms with Crippen LogP contribution < -0.4 is 33.3 Å². The van der Waals surface area contributed by atoms with Crippen molar-refractivity contribution >= 4 is 15.6 Å². The molecule has 216 valence electrons. The second-order valence-electron chi connectivity index (χ2n) is 7.62. The van der Waals surface area contributed by atoms with Crippen LogP contribution in [0.15, 0.2) is 21.9 Å². The fraction of sp³-hybridized carbons (Fsp3) is 0.733. The van der Waals surface area contributed by atoms with Gasteiger partial charge in [0.25, 0.3) is 21.2 Å². The van der Waals surface area contributed by atoms with E-state index in [0.717, 1.165) is 12.3 Å². The summed E-state index contributed by atoms with van der Waals surface area (Å²) in [5.74, 6) is 0. The zero-order valence-electron chi connectivity index (χ0n) is 19.6. The second kappa shape index (κ2) is 12.6. The molecule has 3 rings (SSSR count). The highest BCUT2D eigenvalue weighted by atomic mass is 31.3. The van der Waals surface area contributed by atoms with Crippen molar-refractivity contribution in [2.75, 3.05) is 6.61 Å². The van der Waals surface area contributed by atoms with Crippen molar-refractivity contribution in [2.45, 2.75) is 62.2 Å².